The summed E-state index contributed by atoms with van der Waals surface area (Å²) >= 11 is 0. The van der Waals surface area contributed by atoms with E-state index in [9.17, 15) is 14.4 Å². The van der Waals surface area contributed by atoms with Gasteiger partial charge in [0.25, 0.3) is 5.91 Å². The first-order valence-corrected chi connectivity index (χ1v) is 14.6. The van der Waals surface area contributed by atoms with Gasteiger partial charge >= 0.3 is 0 Å². The molecule has 5 rings (SSSR count). The van der Waals surface area contributed by atoms with E-state index in [1.165, 1.54) is 19.3 Å². The van der Waals surface area contributed by atoms with Gasteiger partial charge in [-0.15, -0.1) is 0 Å². The van der Waals surface area contributed by atoms with E-state index >= 15 is 0 Å². The van der Waals surface area contributed by atoms with Gasteiger partial charge in [0.2, 0.25) is 5.91 Å². The number of benzene rings is 1. The molecule has 0 bridgehead atoms. The van der Waals surface area contributed by atoms with Gasteiger partial charge in [-0.1, -0.05) is 27.2 Å². The number of amides is 2. The van der Waals surface area contributed by atoms with Crippen molar-refractivity contribution in [3.8, 4) is 0 Å². The summed E-state index contributed by atoms with van der Waals surface area (Å²) in [6.07, 6.45) is 3.68. The monoisotopic (exact) mass is 540 g/mol. The molecule has 2 amide bonds. The van der Waals surface area contributed by atoms with Crippen molar-refractivity contribution in [3.63, 3.8) is 0 Å². The number of hydrogen-bond donors (Lipinski definition) is 1. The lowest BCUT2D eigenvalue weighted by molar-refractivity contribution is -0.139. The summed E-state index contributed by atoms with van der Waals surface area (Å²) in [7, 11) is 0. The molecule has 1 saturated carbocycles. The molecule has 1 aliphatic carbocycles. The van der Waals surface area contributed by atoms with Crippen LogP contribution in [0.5, 0.6) is 0 Å². The second-order valence-electron chi connectivity index (χ2n) is 12.6. The normalized spacial score (nSPS) is 26.9. The Morgan fingerprint density at radius 3 is 2.38 bits per heavy atom. The van der Waals surface area contributed by atoms with E-state index in [1.807, 2.05) is 52.0 Å². The number of ketones is 1. The molecule has 4 fully saturated rings. The van der Waals surface area contributed by atoms with Crippen molar-refractivity contribution in [2.75, 3.05) is 50.8 Å². The van der Waals surface area contributed by atoms with Crippen LogP contribution >= 0.6 is 0 Å². The van der Waals surface area contributed by atoms with Gasteiger partial charge in [-0.3, -0.25) is 19.3 Å². The molecule has 214 valence electrons. The predicted molar refractivity (Wildman–Crippen MR) is 149 cm³/mol. The molecular formula is C30H44N4O5. The third-order valence-electron chi connectivity index (χ3n) is 8.62. The summed E-state index contributed by atoms with van der Waals surface area (Å²) < 4.78 is 11.5. The predicted octanol–water partition coefficient (Wildman–Crippen LogP) is 2.48. The maximum atomic E-state index is 13.8. The van der Waals surface area contributed by atoms with Gasteiger partial charge in [-0.25, -0.2) is 0 Å². The Morgan fingerprint density at radius 1 is 1.10 bits per heavy atom. The summed E-state index contributed by atoms with van der Waals surface area (Å²) in [6.45, 7) is 12.9. The van der Waals surface area contributed by atoms with Gasteiger partial charge in [-0.2, -0.15) is 0 Å². The average Bonchev–Trinajstić information content (AvgIpc) is 3.43. The molecule has 3 saturated heterocycles. The van der Waals surface area contributed by atoms with Crippen molar-refractivity contribution in [3.05, 3.63) is 29.8 Å². The summed E-state index contributed by atoms with van der Waals surface area (Å²) in [6, 6.07) is 7.04. The minimum Gasteiger partial charge on any atom is -0.374 e. The quantitative estimate of drug-likeness (QED) is 0.542. The largest absolute Gasteiger partial charge is 0.374 e. The lowest BCUT2D eigenvalue weighted by Gasteiger charge is -2.43. The lowest BCUT2D eigenvalue weighted by atomic mass is 9.87. The fourth-order valence-corrected chi connectivity index (χ4v) is 6.37. The van der Waals surface area contributed by atoms with Crippen LogP contribution in [0.3, 0.4) is 0 Å². The first-order valence-electron chi connectivity index (χ1n) is 14.6. The molecule has 3 aliphatic heterocycles. The average molecular weight is 541 g/mol. The van der Waals surface area contributed by atoms with E-state index in [4.69, 9.17) is 9.47 Å². The van der Waals surface area contributed by atoms with Crippen LogP contribution < -0.4 is 10.2 Å². The summed E-state index contributed by atoms with van der Waals surface area (Å²) in [5, 5.41) is 2.99. The standard InChI is InChI=1S/C30H44N4O5/c1-5-38-25-18-34(26-24(35)19-39-27(25)26)29(37)23(17-30(2,3)4)31-28(36)20-9-11-22(12-10-20)33-15-13-32(14-16-33)21-7-6-8-21/h9-12,21,23,25-27H,5-8,13-19H2,1-4H3,(H,31,36)/t23-,25-,26+,27+/m0/s1. The molecule has 9 nitrogen and oxygen atoms in total. The molecule has 1 aromatic rings. The number of carbonyl (C=O) groups excluding carboxylic acids is 3. The molecule has 39 heavy (non-hydrogen) atoms. The molecule has 0 spiro atoms. The number of rotatable bonds is 8. The molecule has 3 heterocycles. The zero-order valence-electron chi connectivity index (χ0n) is 23.9. The van der Waals surface area contributed by atoms with Gasteiger partial charge in [0, 0.05) is 50.1 Å². The number of likely N-dealkylation sites (tertiary alicyclic amines) is 1. The Balaban J connectivity index is 1.24. The molecule has 1 N–H and O–H groups in total. The topological polar surface area (TPSA) is 91.4 Å². The van der Waals surface area contributed by atoms with Crippen molar-refractivity contribution in [2.45, 2.75) is 83.7 Å². The Bertz CT molecular complexity index is 1040. The van der Waals surface area contributed by atoms with E-state index in [2.05, 4.69) is 15.1 Å². The maximum Gasteiger partial charge on any atom is 0.251 e. The van der Waals surface area contributed by atoms with Gasteiger partial charge in [0.15, 0.2) is 5.78 Å². The number of hydrogen-bond acceptors (Lipinski definition) is 7. The highest BCUT2D eigenvalue weighted by molar-refractivity contribution is 5.99. The van der Waals surface area contributed by atoms with Gasteiger partial charge < -0.3 is 24.6 Å². The van der Waals surface area contributed by atoms with E-state index in [0.29, 0.717) is 18.6 Å². The van der Waals surface area contributed by atoms with Crippen LogP contribution in [0.25, 0.3) is 0 Å². The molecule has 0 unspecified atom stereocenters. The molecule has 0 radical (unpaired) electrons. The van der Waals surface area contributed by atoms with Crippen LogP contribution in [0.15, 0.2) is 24.3 Å². The zero-order valence-corrected chi connectivity index (χ0v) is 23.9. The molecule has 0 aromatic heterocycles. The van der Waals surface area contributed by atoms with Crippen LogP contribution in [-0.4, -0.2) is 104 Å². The first kappa shape index (κ1) is 28.1. The second kappa shape index (κ2) is 11.6. The summed E-state index contributed by atoms with van der Waals surface area (Å²) in [5.74, 6) is -0.652. The highest BCUT2D eigenvalue weighted by atomic mass is 16.6. The van der Waals surface area contributed by atoms with E-state index in [1.54, 1.807) is 4.90 Å². The van der Waals surface area contributed by atoms with Crippen molar-refractivity contribution in [1.29, 1.82) is 0 Å². The zero-order chi connectivity index (χ0) is 27.7. The molecule has 4 atom stereocenters. The molecule has 1 aromatic carbocycles. The van der Waals surface area contributed by atoms with Gasteiger partial charge in [-0.05, 0) is 55.9 Å². The maximum absolute atomic E-state index is 13.8. The second-order valence-corrected chi connectivity index (χ2v) is 12.6. The molecule has 4 aliphatic rings. The highest BCUT2D eigenvalue weighted by Gasteiger charge is 2.53. The number of nitrogens with zero attached hydrogens (tertiary/aromatic N) is 3. The van der Waals surface area contributed by atoms with E-state index in [-0.39, 0.29) is 42.3 Å². The number of nitrogens with one attached hydrogen (secondary N) is 1. The van der Waals surface area contributed by atoms with E-state index in [0.717, 1.165) is 37.9 Å². The van der Waals surface area contributed by atoms with Crippen LogP contribution in [0.2, 0.25) is 0 Å². The van der Waals surface area contributed by atoms with Crippen LogP contribution in [-0.2, 0) is 19.1 Å². The Labute approximate surface area is 232 Å². The minimum absolute atomic E-state index is 0.0129. The Kier molecular flexibility index (Phi) is 8.31. The number of anilines is 1. The van der Waals surface area contributed by atoms with Crippen LogP contribution in [0.1, 0.15) is 63.7 Å². The smallest absolute Gasteiger partial charge is 0.251 e. The van der Waals surface area contributed by atoms with Crippen molar-refractivity contribution < 1.29 is 23.9 Å². The number of Topliss-reactive ketones (excluding diaryl/α,β-unsaturated/α-hetero) is 1. The third kappa shape index (κ3) is 6.15. The van der Waals surface area contributed by atoms with E-state index < -0.39 is 18.2 Å². The van der Waals surface area contributed by atoms with Crippen LogP contribution in [0.4, 0.5) is 5.69 Å². The number of piperazine rings is 1. The fraction of sp³-hybridized carbons (Fsp3) is 0.700. The fourth-order valence-electron chi connectivity index (χ4n) is 6.37. The Hall–Kier alpha value is -2.49. The van der Waals surface area contributed by atoms with Crippen molar-refractivity contribution in [1.82, 2.24) is 15.1 Å². The summed E-state index contributed by atoms with van der Waals surface area (Å²) in [5.41, 5.74) is 1.42. The number of fused-ring (bicyclic) bond motifs is 1. The molecular weight excluding hydrogens is 496 g/mol. The lowest BCUT2D eigenvalue weighted by Crippen LogP contribution is -2.53. The third-order valence-corrected chi connectivity index (χ3v) is 8.62. The van der Waals surface area contributed by atoms with Gasteiger partial charge in [0.05, 0.1) is 6.54 Å². The SMILES string of the molecule is CCO[C@H]1CN(C(=O)[C@H](CC(C)(C)C)NC(=O)c2ccc(N3CCN(C4CCC4)CC3)cc2)[C@@H]2C(=O)CO[C@H]12. The molecule has 9 heteroatoms. The van der Waals surface area contributed by atoms with Crippen molar-refractivity contribution >= 4 is 23.3 Å². The Morgan fingerprint density at radius 2 is 1.79 bits per heavy atom. The number of ether oxygens (including phenoxy) is 2. The minimum atomic E-state index is -0.758. The van der Waals surface area contributed by atoms with Crippen molar-refractivity contribution in [2.24, 2.45) is 5.41 Å². The highest BCUT2D eigenvalue weighted by Crippen LogP contribution is 2.32. The first-order chi connectivity index (χ1) is 18.6. The number of carbonyl (C=O) groups is 3. The van der Waals surface area contributed by atoms with Gasteiger partial charge in [0.1, 0.15) is 30.9 Å². The van der Waals surface area contributed by atoms with Crippen LogP contribution in [0, 0.1) is 5.41 Å². The summed E-state index contributed by atoms with van der Waals surface area (Å²) in [4.78, 5) is 46.4.